The Hall–Kier alpha value is -2.17. The molecule has 0 radical (unpaired) electrons. The summed E-state index contributed by atoms with van der Waals surface area (Å²) in [6, 6.07) is 5.02. The molecular weight excluding hydrogens is 220 g/mol. The first-order valence-electron chi connectivity index (χ1n) is 5.29. The Balaban J connectivity index is 2.51. The Morgan fingerprint density at radius 2 is 2.18 bits per heavy atom. The van der Waals surface area contributed by atoms with Crippen LogP contribution in [0.1, 0.15) is 29.0 Å². The fraction of sp³-hybridized carbons (Fsp3) is 0.250. The number of hydrogen-bond acceptors (Lipinski definition) is 4. The van der Waals surface area contributed by atoms with Crippen LogP contribution in [0.15, 0.2) is 24.4 Å². The molecule has 0 aliphatic rings. The smallest absolute Gasteiger partial charge is 0.338 e. The van der Waals surface area contributed by atoms with Crippen molar-refractivity contribution in [1.82, 2.24) is 9.78 Å². The van der Waals surface area contributed by atoms with Gasteiger partial charge in [-0.3, -0.25) is 4.79 Å². The molecule has 1 aromatic heterocycles. The van der Waals surface area contributed by atoms with Crippen LogP contribution in [0.5, 0.6) is 0 Å². The van der Waals surface area contributed by atoms with Crippen molar-refractivity contribution in [2.75, 3.05) is 6.61 Å². The fourth-order valence-electron chi connectivity index (χ4n) is 1.61. The fourth-order valence-corrected chi connectivity index (χ4v) is 1.61. The van der Waals surface area contributed by atoms with E-state index < -0.39 is 5.97 Å². The van der Waals surface area contributed by atoms with Gasteiger partial charge >= 0.3 is 5.97 Å². The topological polar surface area (TPSA) is 61.2 Å². The summed E-state index contributed by atoms with van der Waals surface area (Å²) in [6.45, 7) is 3.49. The third-order valence-corrected chi connectivity index (χ3v) is 2.38. The van der Waals surface area contributed by atoms with E-state index in [0.29, 0.717) is 17.7 Å². The van der Waals surface area contributed by atoms with Gasteiger partial charge in [0.05, 0.1) is 23.9 Å². The number of aromatic nitrogens is 2. The molecule has 0 saturated carbocycles. The van der Waals surface area contributed by atoms with Gasteiger partial charge in [0.1, 0.15) is 0 Å². The lowest BCUT2D eigenvalue weighted by atomic mass is 10.1. The largest absolute Gasteiger partial charge is 0.462 e. The van der Waals surface area contributed by atoms with Crippen molar-refractivity contribution < 1.29 is 14.3 Å². The molecule has 1 heterocycles. The van der Waals surface area contributed by atoms with Crippen LogP contribution in [-0.2, 0) is 4.74 Å². The quantitative estimate of drug-likeness (QED) is 0.741. The van der Waals surface area contributed by atoms with Crippen LogP contribution in [0.4, 0.5) is 0 Å². The summed E-state index contributed by atoms with van der Waals surface area (Å²) in [5.74, 6) is -0.591. The molecule has 17 heavy (non-hydrogen) atoms. The van der Waals surface area contributed by atoms with Gasteiger partial charge < -0.3 is 4.74 Å². The Bertz CT molecular complexity index is 586. The van der Waals surface area contributed by atoms with Crippen molar-refractivity contribution >= 4 is 22.8 Å². The minimum absolute atomic E-state index is 0.194. The highest BCUT2D eigenvalue weighted by Crippen LogP contribution is 2.16. The van der Waals surface area contributed by atoms with Gasteiger partial charge in [0.2, 0.25) is 5.91 Å². The number of esters is 1. The molecule has 0 aliphatic heterocycles. The first kappa shape index (κ1) is 11.3. The van der Waals surface area contributed by atoms with E-state index in [9.17, 15) is 9.59 Å². The van der Waals surface area contributed by atoms with E-state index >= 15 is 0 Å². The number of nitrogens with zero attached hydrogens (tertiary/aromatic N) is 2. The first-order valence-corrected chi connectivity index (χ1v) is 5.29. The standard InChI is InChI=1S/C12H12N2O3/c1-3-17-12(16)9-4-5-10-7-13-14(8(2)15)11(10)6-9/h4-7H,3H2,1-2H3. The van der Waals surface area contributed by atoms with E-state index in [1.165, 1.54) is 11.6 Å². The number of fused-ring (bicyclic) bond motifs is 1. The lowest BCUT2D eigenvalue weighted by molar-refractivity contribution is 0.0526. The zero-order valence-electron chi connectivity index (χ0n) is 9.64. The van der Waals surface area contributed by atoms with Crippen LogP contribution in [0.25, 0.3) is 10.9 Å². The second kappa shape index (κ2) is 4.37. The second-order valence-electron chi connectivity index (χ2n) is 3.57. The van der Waals surface area contributed by atoms with Gasteiger partial charge in [0, 0.05) is 12.3 Å². The Kier molecular flexibility index (Phi) is 2.91. The molecule has 0 aliphatic carbocycles. The first-order chi connectivity index (χ1) is 8.13. The number of rotatable bonds is 2. The molecule has 88 valence electrons. The summed E-state index contributed by atoms with van der Waals surface area (Å²) in [4.78, 5) is 22.9. The maximum absolute atomic E-state index is 11.6. The Labute approximate surface area is 98.0 Å². The van der Waals surface area contributed by atoms with Crippen LogP contribution in [0.2, 0.25) is 0 Å². The van der Waals surface area contributed by atoms with Gasteiger partial charge in [-0.25, -0.2) is 9.48 Å². The van der Waals surface area contributed by atoms with Crippen molar-refractivity contribution in [3.8, 4) is 0 Å². The lowest BCUT2D eigenvalue weighted by Gasteiger charge is -2.02. The number of carbonyl (C=O) groups is 2. The zero-order valence-corrected chi connectivity index (χ0v) is 9.64. The minimum atomic E-state index is -0.397. The molecule has 5 heteroatoms. The van der Waals surface area contributed by atoms with E-state index in [4.69, 9.17) is 4.74 Å². The molecule has 0 bridgehead atoms. The SMILES string of the molecule is CCOC(=O)c1ccc2cnn(C(C)=O)c2c1. The molecule has 1 aromatic carbocycles. The van der Waals surface area contributed by atoms with Gasteiger partial charge in [0.15, 0.2) is 0 Å². The minimum Gasteiger partial charge on any atom is -0.462 e. The van der Waals surface area contributed by atoms with Gasteiger partial charge in [-0.1, -0.05) is 6.07 Å². The molecule has 0 amide bonds. The lowest BCUT2D eigenvalue weighted by Crippen LogP contribution is -2.08. The third kappa shape index (κ3) is 2.04. The Morgan fingerprint density at radius 3 is 2.82 bits per heavy atom. The molecule has 5 nitrogen and oxygen atoms in total. The van der Waals surface area contributed by atoms with Gasteiger partial charge in [-0.2, -0.15) is 5.10 Å². The molecule has 2 aromatic rings. The number of benzene rings is 1. The van der Waals surface area contributed by atoms with Crippen LogP contribution >= 0.6 is 0 Å². The van der Waals surface area contributed by atoms with Gasteiger partial charge in [0.25, 0.3) is 0 Å². The van der Waals surface area contributed by atoms with Gasteiger partial charge in [-0.05, 0) is 19.1 Å². The molecule has 0 unspecified atom stereocenters. The van der Waals surface area contributed by atoms with E-state index in [0.717, 1.165) is 5.39 Å². The summed E-state index contributed by atoms with van der Waals surface area (Å²) in [5, 5.41) is 4.77. The molecule has 2 rings (SSSR count). The highest BCUT2D eigenvalue weighted by Gasteiger charge is 2.11. The van der Waals surface area contributed by atoms with Crippen molar-refractivity contribution in [3.05, 3.63) is 30.0 Å². The molecule has 0 N–H and O–H groups in total. The second-order valence-corrected chi connectivity index (χ2v) is 3.57. The van der Waals surface area contributed by atoms with Crippen LogP contribution in [-0.4, -0.2) is 28.3 Å². The predicted octanol–water partition coefficient (Wildman–Crippen LogP) is 1.87. The normalized spacial score (nSPS) is 10.5. The Morgan fingerprint density at radius 1 is 1.41 bits per heavy atom. The van der Waals surface area contributed by atoms with Crippen molar-refractivity contribution in [2.24, 2.45) is 0 Å². The molecule has 0 fully saturated rings. The average molecular weight is 232 g/mol. The average Bonchev–Trinajstić information content (AvgIpc) is 2.71. The van der Waals surface area contributed by atoms with Crippen LogP contribution in [0.3, 0.4) is 0 Å². The number of ether oxygens (including phenoxy) is 1. The zero-order chi connectivity index (χ0) is 12.4. The van der Waals surface area contributed by atoms with E-state index in [-0.39, 0.29) is 5.91 Å². The third-order valence-electron chi connectivity index (χ3n) is 2.38. The van der Waals surface area contributed by atoms with E-state index in [1.54, 1.807) is 31.3 Å². The summed E-state index contributed by atoms with van der Waals surface area (Å²) in [5.41, 5.74) is 1.03. The molecule has 0 spiro atoms. The number of hydrogen-bond donors (Lipinski definition) is 0. The van der Waals surface area contributed by atoms with Crippen LogP contribution in [0, 0.1) is 0 Å². The predicted molar refractivity (Wildman–Crippen MR) is 62.0 cm³/mol. The molecule has 0 saturated heterocycles. The monoisotopic (exact) mass is 232 g/mol. The van der Waals surface area contributed by atoms with Crippen LogP contribution < -0.4 is 0 Å². The number of carbonyl (C=O) groups excluding carboxylic acids is 2. The summed E-state index contributed by atoms with van der Waals surface area (Å²) >= 11 is 0. The maximum atomic E-state index is 11.6. The molecule has 0 atom stereocenters. The molecular formula is C12H12N2O3. The summed E-state index contributed by atoms with van der Waals surface area (Å²) < 4.78 is 6.16. The van der Waals surface area contributed by atoms with E-state index in [1.807, 2.05) is 0 Å². The summed E-state index contributed by atoms with van der Waals surface area (Å²) in [6.07, 6.45) is 1.59. The summed E-state index contributed by atoms with van der Waals surface area (Å²) in [7, 11) is 0. The van der Waals surface area contributed by atoms with Crippen molar-refractivity contribution in [3.63, 3.8) is 0 Å². The van der Waals surface area contributed by atoms with Crippen molar-refractivity contribution in [1.29, 1.82) is 0 Å². The van der Waals surface area contributed by atoms with Crippen molar-refractivity contribution in [2.45, 2.75) is 13.8 Å². The van der Waals surface area contributed by atoms with E-state index in [2.05, 4.69) is 5.10 Å². The highest BCUT2D eigenvalue weighted by molar-refractivity contribution is 5.96. The highest BCUT2D eigenvalue weighted by atomic mass is 16.5. The maximum Gasteiger partial charge on any atom is 0.338 e. The van der Waals surface area contributed by atoms with Gasteiger partial charge in [-0.15, -0.1) is 0 Å².